The summed E-state index contributed by atoms with van der Waals surface area (Å²) in [6, 6.07) is 12.4. The molecule has 27 heavy (non-hydrogen) atoms. The predicted molar refractivity (Wildman–Crippen MR) is 103 cm³/mol. The number of thiophene rings is 1. The number of aromatic nitrogens is 1. The van der Waals surface area contributed by atoms with Crippen LogP contribution in [0.4, 0.5) is 0 Å². The zero-order valence-corrected chi connectivity index (χ0v) is 15.7. The van der Waals surface area contributed by atoms with E-state index >= 15 is 0 Å². The Hall–Kier alpha value is -3.19. The number of pyridine rings is 1. The lowest BCUT2D eigenvalue weighted by Crippen LogP contribution is -2.23. The van der Waals surface area contributed by atoms with E-state index in [9.17, 15) is 9.59 Å². The van der Waals surface area contributed by atoms with Crippen molar-refractivity contribution in [3.8, 4) is 22.6 Å². The molecule has 2 heterocycles. The Morgan fingerprint density at radius 3 is 2.70 bits per heavy atom. The highest BCUT2D eigenvalue weighted by atomic mass is 32.1. The largest absolute Gasteiger partial charge is 0.497 e. The minimum atomic E-state index is -0.412. The van der Waals surface area contributed by atoms with Crippen LogP contribution in [0.1, 0.15) is 22.3 Å². The summed E-state index contributed by atoms with van der Waals surface area (Å²) in [7, 11) is 1.55. The third kappa shape index (κ3) is 4.51. The normalized spacial score (nSPS) is 10.3. The van der Waals surface area contributed by atoms with Crippen molar-refractivity contribution >= 4 is 23.2 Å². The number of hydrogen-bond donors (Lipinski definition) is 1. The molecule has 0 fully saturated rings. The lowest BCUT2D eigenvalue weighted by Gasteiger charge is -2.12. The van der Waals surface area contributed by atoms with E-state index in [1.807, 2.05) is 17.5 Å². The van der Waals surface area contributed by atoms with Crippen LogP contribution in [0.3, 0.4) is 0 Å². The standard InChI is InChI=1S/C20H18N2O4S/c1-13(23)26-18-11-14(25-2)6-7-15(18)16-8-10-27-19(16)12-22-20(24)17-5-3-4-9-21-17/h3-11H,12H2,1-2H3,(H,22,24). The van der Waals surface area contributed by atoms with Crippen LogP contribution in [-0.2, 0) is 11.3 Å². The van der Waals surface area contributed by atoms with Gasteiger partial charge in [0.1, 0.15) is 17.2 Å². The summed E-state index contributed by atoms with van der Waals surface area (Å²) in [4.78, 5) is 28.7. The second-order valence-electron chi connectivity index (χ2n) is 5.61. The molecule has 2 aromatic heterocycles. The first-order chi connectivity index (χ1) is 13.1. The van der Waals surface area contributed by atoms with Gasteiger partial charge in [-0.2, -0.15) is 0 Å². The predicted octanol–water partition coefficient (Wildman–Crippen LogP) is 3.67. The number of hydrogen-bond acceptors (Lipinski definition) is 6. The third-order valence-electron chi connectivity index (χ3n) is 3.79. The van der Waals surface area contributed by atoms with Crippen molar-refractivity contribution in [3.05, 3.63) is 64.6 Å². The molecule has 0 radical (unpaired) electrons. The molecule has 7 heteroatoms. The van der Waals surface area contributed by atoms with Crippen molar-refractivity contribution in [2.75, 3.05) is 7.11 Å². The summed E-state index contributed by atoms with van der Waals surface area (Å²) in [5.41, 5.74) is 2.01. The Labute approximate surface area is 160 Å². The first-order valence-corrected chi connectivity index (χ1v) is 9.09. The van der Waals surface area contributed by atoms with Gasteiger partial charge in [0.25, 0.3) is 5.91 Å². The lowest BCUT2D eigenvalue weighted by atomic mass is 10.0. The number of nitrogens with one attached hydrogen (secondary N) is 1. The maximum absolute atomic E-state index is 12.2. The monoisotopic (exact) mass is 382 g/mol. The summed E-state index contributed by atoms with van der Waals surface area (Å²) in [5, 5.41) is 4.80. The zero-order chi connectivity index (χ0) is 19.2. The first kappa shape index (κ1) is 18.6. The molecule has 0 aliphatic rings. The fourth-order valence-corrected chi connectivity index (χ4v) is 3.39. The van der Waals surface area contributed by atoms with E-state index in [0.29, 0.717) is 23.7 Å². The van der Waals surface area contributed by atoms with Gasteiger partial charge in [-0.1, -0.05) is 6.07 Å². The summed E-state index contributed by atoms with van der Waals surface area (Å²) in [6.45, 7) is 1.69. The van der Waals surface area contributed by atoms with Gasteiger partial charge in [-0.15, -0.1) is 11.3 Å². The van der Waals surface area contributed by atoms with Crippen LogP contribution in [0.2, 0.25) is 0 Å². The smallest absolute Gasteiger partial charge is 0.308 e. The van der Waals surface area contributed by atoms with Crippen LogP contribution in [0.15, 0.2) is 54.0 Å². The molecule has 0 aliphatic carbocycles. The number of rotatable bonds is 6. The molecule has 6 nitrogen and oxygen atoms in total. The number of methoxy groups -OCH3 is 1. The van der Waals surface area contributed by atoms with E-state index in [1.165, 1.54) is 18.3 Å². The summed E-state index contributed by atoms with van der Waals surface area (Å²) >= 11 is 1.51. The average Bonchev–Trinajstić information content (AvgIpc) is 3.14. The van der Waals surface area contributed by atoms with Crippen molar-refractivity contribution in [1.82, 2.24) is 10.3 Å². The highest BCUT2D eigenvalue weighted by Crippen LogP contribution is 2.37. The van der Waals surface area contributed by atoms with Crippen LogP contribution < -0.4 is 14.8 Å². The van der Waals surface area contributed by atoms with E-state index in [0.717, 1.165) is 16.0 Å². The molecule has 1 aromatic carbocycles. The van der Waals surface area contributed by atoms with Gasteiger partial charge < -0.3 is 14.8 Å². The summed E-state index contributed by atoms with van der Waals surface area (Å²) in [5.74, 6) is 0.349. The minimum Gasteiger partial charge on any atom is -0.497 e. The molecule has 0 bridgehead atoms. The summed E-state index contributed by atoms with van der Waals surface area (Å²) in [6.07, 6.45) is 1.58. The van der Waals surface area contributed by atoms with Crippen molar-refractivity contribution in [2.45, 2.75) is 13.5 Å². The SMILES string of the molecule is COc1ccc(-c2ccsc2CNC(=O)c2ccccn2)c(OC(C)=O)c1. The van der Waals surface area contributed by atoms with Crippen LogP contribution in [0, 0.1) is 0 Å². The van der Waals surface area contributed by atoms with E-state index in [1.54, 1.807) is 43.6 Å². The number of benzene rings is 1. The molecule has 0 saturated heterocycles. The fraction of sp³-hybridized carbons (Fsp3) is 0.150. The van der Waals surface area contributed by atoms with Crippen LogP contribution in [-0.4, -0.2) is 24.0 Å². The Balaban J connectivity index is 1.84. The van der Waals surface area contributed by atoms with Crippen molar-refractivity contribution in [2.24, 2.45) is 0 Å². The van der Waals surface area contributed by atoms with Crippen LogP contribution in [0.5, 0.6) is 11.5 Å². The van der Waals surface area contributed by atoms with E-state index < -0.39 is 5.97 Å². The van der Waals surface area contributed by atoms with Gasteiger partial charge in [-0.05, 0) is 35.7 Å². The van der Waals surface area contributed by atoms with Gasteiger partial charge in [0.15, 0.2) is 0 Å². The van der Waals surface area contributed by atoms with E-state index in [2.05, 4.69) is 10.3 Å². The molecule has 138 valence electrons. The summed E-state index contributed by atoms with van der Waals surface area (Å²) < 4.78 is 10.6. The van der Waals surface area contributed by atoms with Gasteiger partial charge in [-0.25, -0.2) is 0 Å². The first-order valence-electron chi connectivity index (χ1n) is 8.21. The molecule has 3 aromatic rings. The van der Waals surface area contributed by atoms with Gasteiger partial charge in [-0.3, -0.25) is 14.6 Å². The number of esters is 1. The number of carbonyl (C=O) groups excluding carboxylic acids is 2. The third-order valence-corrected chi connectivity index (χ3v) is 4.71. The number of amides is 1. The molecule has 0 spiro atoms. The van der Waals surface area contributed by atoms with Gasteiger partial charge in [0.05, 0.1) is 13.7 Å². The number of carbonyl (C=O) groups is 2. The topological polar surface area (TPSA) is 77.5 Å². The Bertz CT molecular complexity index is 954. The van der Waals surface area contributed by atoms with Crippen molar-refractivity contribution < 1.29 is 19.1 Å². The number of ether oxygens (including phenoxy) is 2. The second-order valence-corrected chi connectivity index (χ2v) is 6.61. The second kappa shape index (κ2) is 8.46. The van der Waals surface area contributed by atoms with E-state index in [-0.39, 0.29) is 5.91 Å². The lowest BCUT2D eigenvalue weighted by molar-refractivity contribution is -0.131. The van der Waals surface area contributed by atoms with Crippen molar-refractivity contribution in [1.29, 1.82) is 0 Å². The molecule has 0 unspecified atom stereocenters. The Morgan fingerprint density at radius 1 is 1.15 bits per heavy atom. The van der Waals surface area contributed by atoms with Gasteiger partial charge in [0, 0.05) is 35.2 Å². The Kier molecular flexibility index (Phi) is 5.83. The molecule has 3 rings (SSSR count). The minimum absolute atomic E-state index is 0.245. The van der Waals surface area contributed by atoms with E-state index in [4.69, 9.17) is 9.47 Å². The van der Waals surface area contributed by atoms with Crippen molar-refractivity contribution in [3.63, 3.8) is 0 Å². The molecular formula is C20H18N2O4S. The molecular weight excluding hydrogens is 364 g/mol. The maximum Gasteiger partial charge on any atom is 0.308 e. The molecule has 1 N–H and O–H groups in total. The average molecular weight is 382 g/mol. The molecule has 0 atom stereocenters. The fourth-order valence-electron chi connectivity index (χ4n) is 2.56. The van der Waals surface area contributed by atoms with Crippen LogP contribution >= 0.6 is 11.3 Å². The molecule has 1 amide bonds. The molecule has 0 aliphatic heterocycles. The Morgan fingerprint density at radius 2 is 2.00 bits per heavy atom. The van der Waals surface area contributed by atoms with Crippen LogP contribution in [0.25, 0.3) is 11.1 Å². The highest BCUT2D eigenvalue weighted by Gasteiger charge is 2.16. The van der Waals surface area contributed by atoms with Gasteiger partial charge >= 0.3 is 5.97 Å². The van der Waals surface area contributed by atoms with Gasteiger partial charge in [0.2, 0.25) is 0 Å². The number of nitrogens with zero attached hydrogens (tertiary/aromatic N) is 1. The quantitative estimate of drug-likeness (QED) is 0.520. The maximum atomic E-state index is 12.2. The molecule has 0 saturated carbocycles. The highest BCUT2D eigenvalue weighted by molar-refractivity contribution is 7.10. The zero-order valence-electron chi connectivity index (χ0n) is 14.9.